The highest BCUT2D eigenvalue weighted by atomic mass is 35.5. The lowest BCUT2D eigenvalue weighted by Crippen LogP contribution is -2.33. The van der Waals surface area contributed by atoms with Gasteiger partial charge in [-0.1, -0.05) is 11.6 Å². The van der Waals surface area contributed by atoms with Crippen LogP contribution in [0.25, 0.3) is 0 Å². The first-order valence-electron chi connectivity index (χ1n) is 6.35. The van der Waals surface area contributed by atoms with Gasteiger partial charge in [-0.25, -0.2) is 13.2 Å². The minimum Gasteiger partial charge on any atom is -0.343 e. The molecule has 0 fully saturated rings. The number of anilines is 1. The number of hydrogen-bond acceptors (Lipinski definition) is 2. The van der Waals surface area contributed by atoms with Crippen molar-refractivity contribution in [1.82, 2.24) is 5.32 Å². The first-order chi connectivity index (χ1) is 10.9. The smallest absolute Gasteiger partial charge is 0.251 e. The van der Waals surface area contributed by atoms with Crippen LogP contribution >= 0.6 is 11.6 Å². The maximum absolute atomic E-state index is 13.4. The van der Waals surface area contributed by atoms with Gasteiger partial charge in [-0.05, 0) is 36.4 Å². The molecule has 2 aromatic carbocycles. The first-order valence-corrected chi connectivity index (χ1v) is 6.73. The van der Waals surface area contributed by atoms with Gasteiger partial charge in [0, 0.05) is 10.6 Å². The summed E-state index contributed by atoms with van der Waals surface area (Å²) in [6.07, 6.45) is 0. The van der Waals surface area contributed by atoms with Gasteiger partial charge < -0.3 is 10.6 Å². The lowest BCUT2D eigenvalue weighted by atomic mass is 10.2. The average molecular weight is 343 g/mol. The molecule has 0 saturated carbocycles. The predicted molar refractivity (Wildman–Crippen MR) is 78.7 cm³/mol. The zero-order valence-electron chi connectivity index (χ0n) is 11.5. The minimum atomic E-state index is -1.69. The standard InChI is InChI=1S/C15H10ClF3N2O2/c16-9-3-1-8(2-4-9)15(23)20-7-12(22)21-11-6-5-10(17)13(18)14(11)19/h1-6H,7H2,(H,20,23)(H,21,22). The van der Waals surface area contributed by atoms with Gasteiger partial charge in [-0.2, -0.15) is 0 Å². The van der Waals surface area contributed by atoms with E-state index in [1.807, 2.05) is 5.32 Å². The third-order valence-corrected chi connectivity index (χ3v) is 3.08. The number of benzene rings is 2. The van der Waals surface area contributed by atoms with E-state index >= 15 is 0 Å². The molecular weight excluding hydrogens is 333 g/mol. The molecule has 0 aromatic heterocycles. The normalized spacial score (nSPS) is 10.3. The summed E-state index contributed by atoms with van der Waals surface area (Å²) in [4.78, 5) is 23.4. The summed E-state index contributed by atoms with van der Waals surface area (Å²) in [6.45, 7) is -0.472. The zero-order chi connectivity index (χ0) is 17.0. The van der Waals surface area contributed by atoms with Gasteiger partial charge >= 0.3 is 0 Å². The summed E-state index contributed by atoms with van der Waals surface area (Å²) >= 11 is 5.68. The van der Waals surface area contributed by atoms with Crippen molar-refractivity contribution in [2.24, 2.45) is 0 Å². The molecule has 23 heavy (non-hydrogen) atoms. The molecule has 0 aliphatic heterocycles. The van der Waals surface area contributed by atoms with Crippen LogP contribution in [0.15, 0.2) is 36.4 Å². The molecule has 0 heterocycles. The molecule has 2 rings (SSSR count). The van der Waals surface area contributed by atoms with Crippen molar-refractivity contribution in [2.45, 2.75) is 0 Å². The third-order valence-electron chi connectivity index (χ3n) is 2.83. The highest BCUT2D eigenvalue weighted by molar-refractivity contribution is 6.30. The van der Waals surface area contributed by atoms with Gasteiger partial charge in [0.15, 0.2) is 17.5 Å². The largest absolute Gasteiger partial charge is 0.343 e. The summed E-state index contributed by atoms with van der Waals surface area (Å²) in [5.41, 5.74) is -0.240. The summed E-state index contributed by atoms with van der Waals surface area (Å²) in [7, 11) is 0. The molecule has 2 amide bonds. The fourth-order valence-electron chi connectivity index (χ4n) is 1.68. The van der Waals surface area contributed by atoms with Crippen molar-refractivity contribution in [3.8, 4) is 0 Å². The summed E-state index contributed by atoms with van der Waals surface area (Å²) in [5.74, 6) is -5.90. The Balaban J connectivity index is 1.94. The Hall–Kier alpha value is -2.54. The third kappa shape index (κ3) is 4.23. The highest BCUT2D eigenvalue weighted by Gasteiger charge is 2.15. The van der Waals surface area contributed by atoms with Gasteiger partial charge in [0.25, 0.3) is 5.91 Å². The lowest BCUT2D eigenvalue weighted by Gasteiger charge is -2.08. The van der Waals surface area contributed by atoms with Crippen molar-refractivity contribution in [3.05, 3.63) is 64.4 Å². The Morgan fingerprint density at radius 3 is 2.26 bits per heavy atom. The molecule has 0 unspecified atom stereocenters. The Kier molecular flexibility index (Phi) is 5.23. The van der Waals surface area contributed by atoms with Crippen LogP contribution in [0, 0.1) is 17.5 Å². The summed E-state index contributed by atoms with van der Waals surface area (Å²) < 4.78 is 39.2. The van der Waals surface area contributed by atoms with Crippen LogP contribution in [0.3, 0.4) is 0 Å². The summed E-state index contributed by atoms with van der Waals surface area (Å²) in [5, 5.41) is 4.79. The number of carbonyl (C=O) groups excluding carboxylic acids is 2. The molecule has 4 nitrogen and oxygen atoms in total. The number of hydrogen-bond donors (Lipinski definition) is 2. The van der Waals surface area contributed by atoms with E-state index in [1.165, 1.54) is 24.3 Å². The molecule has 2 N–H and O–H groups in total. The molecule has 0 aliphatic rings. The number of rotatable bonds is 4. The maximum atomic E-state index is 13.4. The molecule has 2 aromatic rings. The Morgan fingerprint density at radius 2 is 1.61 bits per heavy atom. The Morgan fingerprint density at radius 1 is 0.957 bits per heavy atom. The number of halogens is 4. The van der Waals surface area contributed by atoms with Crippen molar-refractivity contribution in [3.63, 3.8) is 0 Å². The molecule has 0 atom stereocenters. The number of amides is 2. The van der Waals surface area contributed by atoms with E-state index in [2.05, 4.69) is 5.32 Å². The van der Waals surface area contributed by atoms with E-state index in [-0.39, 0.29) is 5.56 Å². The fraction of sp³-hybridized carbons (Fsp3) is 0.0667. The van der Waals surface area contributed by atoms with Gasteiger partial charge in [-0.15, -0.1) is 0 Å². The molecule has 8 heteroatoms. The van der Waals surface area contributed by atoms with Crippen LogP contribution in [0.5, 0.6) is 0 Å². The van der Waals surface area contributed by atoms with E-state index in [1.54, 1.807) is 0 Å². The van der Waals surface area contributed by atoms with E-state index in [4.69, 9.17) is 11.6 Å². The maximum Gasteiger partial charge on any atom is 0.251 e. The van der Waals surface area contributed by atoms with E-state index in [0.717, 1.165) is 6.07 Å². The monoisotopic (exact) mass is 342 g/mol. The zero-order valence-corrected chi connectivity index (χ0v) is 12.3. The van der Waals surface area contributed by atoms with Crippen LogP contribution in [-0.2, 0) is 4.79 Å². The Labute approximate surface area is 134 Å². The van der Waals surface area contributed by atoms with Crippen molar-refractivity contribution in [2.75, 3.05) is 11.9 Å². The SMILES string of the molecule is O=C(CNC(=O)c1ccc(Cl)cc1)Nc1ccc(F)c(F)c1F. The molecule has 0 spiro atoms. The second kappa shape index (κ2) is 7.15. The van der Waals surface area contributed by atoms with Gasteiger partial charge in [0.2, 0.25) is 5.91 Å². The first kappa shape index (κ1) is 16.8. The molecule has 0 bridgehead atoms. The van der Waals surface area contributed by atoms with Gasteiger partial charge in [0.05, 0.1) is 12.2 Å². The van der Waals surface area contributed by atoms with Crippen molar-refractivity contribution < 1.29 is 22.8 Å². The number of nitrogens with one attached hydrogen (secondary N) is 2. The lowest BCUT2D eigenvalue weighted by molar-refractivity contribution is -0.115. The summed E-state index contributed by atoms with van der Waals surface area (Å²) in [6, 6.07) is 7.50. The quantitative estimate of drug-likeness (QED) is 0.839. The fourth-order valence-corrected chi connectivity index (χ4v) is 1.81. The van der Waals surface area contributed by atoms with Crippen LogP contribution in [0.2, 0.25) is 5.02 Å². The topological polar surface area (TPSA) is 58.2 Å². The van der Waals surface area contributed by atoms with Gasteiger partial charge in [0.1, 0.15) is 0 Å². The van der Waals surface area contributed by atoms with Crippen molar-refractivity contribution in [1.29, 1.82) is 0 Å². The van der Waals surface area contributed by atoms with Crippen LogP contribution < -0.4 is 10.6 Å². The van der Waals surface area contributed by atoms with E-state index < -0.39 is 41.5 Å². The second-order valence-corrected chi connectivity index (χ2v) is 4.90. The average Bonchev–Trinajstić information content (AvgIpc) is 2.54. The molecule has 0 saturated heterocycles. The molecule has 120 valence electrons. The van der Waals surface area contributed by atoms with E-state index in [9.17, 15) is 22.8 Å². The van der Waals surface area contributed by atoms with Crippen molar-refractivity contribution >= 4 is 29.1 Å². The second-order valence-electron chi connectivity index (χ2n) is 4.46. The van der Waals surface area contributed by atoms with Crippen LogP contribution in [0.4, 0.5) is 18.9 Å². The van der Waals surface area contributed by atoms with Crippen LogP contribution in [0.1, 0.15) is 10.4 Å². The number of carbonyl (C=O) groups is 2. The highest BCUT2D eigenvalue weighted by Crippen LogP contribution is 2.19. The van der Waals surface area contributed by atoms with Gasteiger partial charge in [-0.3, -0.25) is 9.59 Å². The predicted octanol–water partition coefficient (Wildman–Crippen LogP) is 3.13. The molecule has 0 aliphatic carbocycles. The Bertz CT molecular complexity index is 751. The van der Waals surface area contributed by atoms with E-state index in [0.29, 0.717) is 11.1 Å². The van der Waals surface area contributed by atoms with Crippen LogP contribution in [-0.4, -0.2) is 18.4 Å². The molecule has 0 radical (unpaired) electrons. The molecular formula is C15H10ClF3N2O2. The minimum absolute atomic E-state index is 0.279.